The fourth-order valence-corrected chi connectivity index (χ4v) is 1.14. The molecule has 0 atom stereocenters. The largest absolute Gasteiger partial charge is 0.235 e. The molecule has 0 bridgehead atoms. The number of nitrogens with zero attached hydrogens (tertiary/aromatic N) is 1. The lowest BCUT2D eigenvalue weighted by Gasteiger charge is -2.01. The van der Waals surface area contributed by atoms with Crippen molar-refractivity contribution >= 4 is 6.08 Å². The highest BCUT2D eigenvalue weighted by Crippen LogP contribution is 2.10. The predicted molar refractivity (Wildman–Crippen MR) is 47.7 cm³/mol. The molecular formula is C10H11NO. The third kappa shape index (κ3) is 2.04. The number of benzene rings is 1. The Bertz CT molecular complexity index is 325. The first kappa shape index (κ1) is 8.69. The van der Waals surface area contributed by atoms with Gasteiger partial charge in [0.1, 0.15) is 0 Å². The van der Waals surface area contributed by atoms with Crippen LogP contribution in [-0.2, 0) is 11.3 Å². The van der Waals surface area contributed by atoms with Gasteiger partial charge in [-0.2, -0.15) is 0 Å². The Balaban J connectivity index is 2.93. The average Bonchev–Trinajstić information content (AvgIpc) is 2.03. The summed E-state index contributed by atoms with van der Waals surface area (Å²) in [5.74, 6) is 0. The molecule has 1 aromatic carbocycles. The summed E-state index contributed by atoms with van der Waals surface area (Å²) in [6, 6.07) is 6.09. The number of aryl methyl sites for hydroxylation is 2. The molecule has 0 radical (unpaired) electrons. The lowest BCUT2D eigenvalue weighted by atomic mass is 10.1. The van der Waals surface area contributed by atoms with E-state index in [0.717, 1.165) is 5.56 Å². The first-order valence-corrected chi connectivity index (χ1v) is 3.84. The van der Waals surface area contributed by atoms with Crippen molar-refractivity contribution in [1.82, 2.24) is 0 Å². The van der Waals surface area contributed by atoms with E-state index < -0.39 is 0 Å². The van der Waals surface area contributed by atoms with Crippen LogP contribution in [0.3, 0.4) is 0 Å². The second-order valence-electron chi connectivity index (χ2n) is 2.84. The predicted octanol–water partition coefficient (Wildman–Crippen LogP) is 2.14. The first-order chi connectivity index (χ1) is 5.74. The van der Waals surface area contributed by atoms with E-state index in [-0.39, 0.29) is 0 Å². The van der Waals surface area contributed by atoms with E-state index in [1.165, 1.54) is 17.2 Å². The molecule has 0 aromatic heterocycles. The second-order valence-corrected chi connectivity index (χ2v) is 2.84. The van der Waals surface area contributed by atoms with Gasteiger partial charge in [-0.15, -0.1) is 0 Å². The van der Waals surface area contributed by atoms with E-state index in [1.807, 2.05) is 26.0 Å². The summed E-state index contributed by atoms with van der Waals surface area (Å²) in [5.41, 5.74) is 3.49. The van der Waals surface area contributed by atoms with Crippen LogP contribution < -0.4 is 0 Å². The van der Waals surface area contributed by atoms with E-state index in [4.69, 9.17) is 0 Å². The third-order valence-corrected chi connectivity index (χ3v) is 1.81. The Morgan fingerprint density at radius 3 is 2.75 bits per heavy atom. The zero-order chi connectivity index (χ0) is 8.97. The maximum absolute atomic E-state index is 9.86. The van der Waals surface area contributed by atoms with Crippen molar-refractivity contribution in [3.63, 3.8) is 0 Å². The van der Waals surface area contributed by atoms with E-state index in [9.17, 15) is 4.79 Å². The highest BCUT2D eigenvalue weighted by molar-refractivity contribution is 5.35. The van der Waals surface area contributed by atoms with E-state index in [0.29, 0.717) is 6.54 Å². The lowest BCUT2D eigenvalue weighted by Crippen LogP contribution is -1.87. The lowest BCUT2D eigenvalue weighted by molar-refractivity contribution is 0.562. The van der Waals surface area contributed by atoms with E-state index >= 15 is 0 Å². The van der Waals surface area contributed by atoms with Gasteiger partial charge in [0.05, 0.1) is 6.54 Å². The Hall–Kier alpha value is -1.40. The minimum atomic E-state index is 0.440. The maximum Gasteiger partial charge on any atom is 0.235 e. The molecule has 0 spiro atoms. The number of aliphatic imine (C=N–C) groups is 1. The highest BCUT2D eigenvalue weighted by atomic mass is 16.1. The van der Waals surface area contributed by atoms with Crippen LogP contribution in [0.1, 0.15) is 16.7 Å². The van der Waals surface area contributed by atoms with Crippen molar-refractivity contribution in [3.05, 3.63) is 34.9 Å². The molecular weight excluding hydrogens is 150 g/mol. The maximum atomic E-state index is 9.86. The van der Waals surface area contributed by atoms with Crippen molar-refractivity contribution in [3.8, 4) is 0 Å². The van der Waals surface area contributed by atoms with Gasteiger partial charge in [-0.1, -0.05) is 23.8 Å². The van der Waals surface area contributed by atoms with Crippen molar-refractivity contribution in [2.75, 3.05) is 0 Å². The van der Waals surface area contributed by atoms with Crippen LogP contribution in [0.2, 0.25) is 0 Å². The normalized spacial score (nSPS) is 9.17. The molecule has 0 saturated carbocycles. The fourth-order valence-electron chi connectivity index (χ4n) is 1.14. The van der Waals surface area contributed by atoms with Crippen LogP contribution in [0, 0.1) is 13.8 Å². The molecule has 1 rings (SSSR count). The molecule has 2 heteroatoms. The summed E-state index contributed by atoms with van der Waals surface area (Å²) >= 11 is 0. The second kappa shape index (κ2) is 3.84. The summed E-state index contributed by atoms with van der Waals surface area (Å²) in [4.78, 5) is 13.4. The fraction of sp³-hybridized carbons (Fsp3) is 0.300. The number of carbonyl (C=O) groups excluding carboxylic acids is 1. The standard InChI is InChI=1S/C10H11NO/c1-8-3-4-10(6-11-7-12)9(2)5-8/h3-5H,6H2,1-2H3. The van der Waals surface area contributed by atoms with Crippen molar-refractivity contribution < 1.29 is 4.79 Å². The van der Waals surface area contributed by atoms with Gasteiger partial charge in [-0.25, -0.2) is 9.79 Å². The summed E-state index contributed by atoms with van der Waals surface area (Å²) in [5, 5.41) is 0. The average molecular weight is 161 g/mol. The van der Waals surface area contributed by atoms with E-state index in [1.54, 1.807) is 0 Å². The smallest absolute Gasteiger partial charge is 0.211 e. The highest BCUT2D eigenvalue weighted by Gasteiger charge is 1.95. The molecule has 1 aromatic rings. The van der Waals surface area contributed by atoms with Crippen LogP contribution in [0.25, 0.3) is 0 Å². The molecule has 0 heterocycles. The molecule has 0 aliphatic heterocycles. The summed E-state index contributed by atoms with van der Waals surface area (Å²) < 4.78 is 0. The Morgan fingerprint density at radius 1 is 1.42 bits per heavy atom. The number of hydrogen-bond donors (Lipinski definition) is 0. The van der Waals surface area contributed by atoms with Gasteiger partial charge >= 0.3 is 0 Å². The van der Waals surface area contributed by atoms with Crippen LogP contribution >= 0.6 is 0 Å². The molecule has 0 fully saturated rings. The first-order valence-electron chi connectivity index (χ1n) is 3.84. The molecule has 0 unspecified atom stereocenters. The molecule has 62 valence electrons. The summed E-state index contributed by atoms with van der Waals surface area (Å²) in [6.07, 6.45) is 1.53. The number of hydrogen-bond acceptors (Lipinski definition) is 2. The third-order valence-electron chi connectivity index (χ3n) is 1.81. The molecule has 0 saturated heterocycles. The Kier molecular flexibility index (Phi) is 2.78. The van der Waals surface area contributed by atoms with Gasteiger partial charge in [0.15, 0.2) is 0 Å². The van der Waals surface area contributed by atoms with Crippen LogP contribution in [0.15, 0.2) is 23.2 Å². The van der Waals surface area contributed by atoms with Crippen molar-refractivity contribution in [1.29, 1.82) is 0 Å². The molecule has 0 amide bonds. The van der Waals surface area contributed by atoms with Gasteiger partial charge in [-0.3, -0.25) is 0 Å². The van der Waals surface area contributed by atoms with Crippen LogP contribution in [0.5, 0.6) is 0 Å². The molecule has 12 heavy (non-hydrogen) atoms. The van der Waals surface area contributed by atoms with E-state index in [2.05, 4.69) is 11.1 Å². The zero-order valence-electron chi connectivity index (χ0n) is 7.29. The van der Waals surface area contributed by atoms with Gasteiger partial charge < -0.3 is 0 Å². The van der Waals surface area contributed by atoms with Gasteiger partial charge in [0.2, 0.25) is 6.08 Å². The summed E-state index contributed by atoms with van der Waals surface area (Å²) in [7, 11) is 0. The quantitative estimate of drug-likeness (QED) is 0.482. The molecule has 0 aliphatic carbocycles. The van der Waals surface area contributed by atoms with Crippen LogP contribution in [-0.4, -0.2) is 6.08 Å². The summed E-state index contributed by atoms with van der Waals surface area (Å²) in [6.45, 7) is 4.50. The van der Waals surface area contributed by atoms with Crippen LogP contribution in [0.4, 0.5) is 0 Å². The molecule has 0 N–H and O–H groups in total. The topological polar surface area (TPSA) is 29.4 Å². The van der Waals surface area contributed by atoms with Crippen molar-refractivity contribution in [2.24, 2.45) is 4.99 Å². The zero-order valence-corrected chi connectivity index (χ0v) is 7.29. The molecule has 2 nitrogen and oxygen atoms in total. The number of isocyanates is 1. The Labute approximate surface area is 71.9 Å². The monoisotopic (exact) mass is 161 g/mol. The minimum Gasteiger partial charge on any atom is -0.211 e. The molecule has 0 aliphatic rings. The van der Waals surface area contributed by atoms with Gasteiger partial charge in [0, 0.05) is 0 Å². The van der Waals surface area contributed by atoms with Gasteiger partial charge in [0.25, 0.3) is 0 Å². The minimum absolute atomic E-state index is 0.440. The Morgan fingerprint density at radius 2 is 2.17 bits per heavy atom. The SMILES string of the molecule is Cc1ccc(CN=C=O)c(C)c1. The number of rotatable bonds is 2. The van der Waals surface area contributed by atoms with Gasteiger partial charge in [-0.05, 0) is 25.0 Å². The van der Waals surface area contributed by atoms with Crippen molar-refractivity contribution in [2.45, 2.75) is 20.4 Å².